The van der Waals surface area contributed by atoms with E-state index in [0.29, 0.717) is 0 Å². The minimum absolute atomic E-state index is 0.777. The molecule has 1 aromatic rings. The van der Waals surface area contributed by atoms with Crippen LogP contribution in [-0.4, -0.2) is 24.2 Å². The van der Waals surface area contributed by atoms with Crippen LogP contribution in [0.4, 0.5) is 5.69 Å². The molecule has 0 aromatic heterocycles. The molecular formula is C14H16ClNO2. The van der Waals surface area contributed by atoms with Crippen molar-refractivity contribution in [1.82, 2.24) is 0 Å². The van der Waals surface area contributed by atoms with Crippen LogP contribution < -0.4 is 4.90 Å². The summed E-state index contributed by atoms with van der Waals surface area (Å²) in [6.07, 6.45) is 2.94. The number of aliphatic carboxylic acids is 1. The average molecular weight is 266 g/mol. The summed E-state index contributed by atoms with van der Waals surface area (Å²) < 4.78 is 0. The van der Waals surface area contributed by atoms with Crippen molar-refractivity contribution in [2.45, 2.75) is 19.8 Å². The number of nitrogens with zero attached hydrogens (tertiary/aromatic N) is 1. The molecule has 0 radical (unpaired) electrons. The number of piperidine rings is 1. The van der Waals surface area contributed by atoms with Gasteiger partial charge in [-0.25, -0.2) is 4.79 Å². The lowest BCUT2D eigenvalue weighted by atomic mass is 10.0. The predicted molar refractivity (Wildman–Crippen MR) is 73.4 cm³/mol. The summed E-state index contributed by atoms with van der Waals surface area (Å²) in [6, 6.07) is 5.90. The van der Waals surface area contributed by atoms with Gasteiger partial charge in [0.1, 0.15) is 0 Å². The molecule has 1 aliphatic heterocycles. The molecule has 0 spiro atoms. The Bertz CT molecular complexity index is 487. The third-order valence-corrected chi connectivity index (χ3v) is 3.72. The lowest BCUT2D eigenvalue weighted by molar-refractivity contribution is -0.131. The molecule has 0 aliphatic carbocycles. The van der Waals surface area contributed by atoms with Gasteiger partial charge in [-0.15, -0.1) is 0 Å². The maximum atomic E-state index is 10.6. The molecule has 0 bridgehead atoms. The number of carboxylic acid groups (broad SMARTS) is 1. The standard InChI is InChI=1S/C14H16ClNO2/c1-10-12(15)3-2-4-13(10)16-7-5-11(6-8-16)9-14(17)18/h2-4,9H,5-8H2,1H3,(H,17,18). The van der Waals surface area contributed by atoms with Crippen LogP contribution in [0.1, 0.15) is 18.4 Å². The maximum absolute atomic E-state index is 10.6. The number of hydrogen-bond donors (Lipinski definition) is 1. The summed E-state index contributed by atoms with van der Waals surface area (Å²) in [6.45, 7) is 3.71. The summed E-state index contributed by atoms with van der Waals surface area (Å²) in [5, 5.41) is 9.50. The second-order valence-corrected chi connectivity index (χ2v) is 4.92. The fourth-order valence-electron chi connectivity index (χ4n) is 2.29. The monoisotopic (exact) mass is 265 g/mol. The molecular weight excluding hydrogens is 250 g/mol. The van der Waals surface area contributed by atoms with Crippen molar-refractivity contribution in [2.75, 3.05) is 18.0 Å². The van der Waals surface area contributed by atoms with Gasteiger partial charge < -0.3 is 10.0 Å². The Morgan fingerprint density at radius 3 is 2.67 bits per heavy atom. The van der Waals surface area contributed by atoms with E-state index >= 15 is 0 Å². The van der Waals surface area contributed by atoms with Crippen molar-refractivity contribution in [2.24, 2.45) is 0 Å². The summed E-state index contributed by atoms with van der Waals surface area (Å²) in [5.41, 5.74) is 3.25. The Morgan fingerprint density at radius 2 is 2.06 bits per heavy atom. The third-order valence-electron chi connectivity index (χ3n) is 3.31. The van der Waals surface area contributed by atoms with E-state index < -0.39 is 5.97 Å². The van der Waals surface area contributed by atoms with Gasteiger partial charge in [0.25, 0.3) is 0 Å². The second-order valence-electron chi connectivity index (χ2n) is 4.51. The first-order valence-corrected chi connectivity index (χ1v) is 6.38. The number of anilines is 1. The fraction of sp³-hybridized carbons (Fsp3) is 0.357. The topological polar surface area (TPSA) is 40.5 Å². The molecule has 4 heteroatoms. The summed E-state index contributed by atoms with van der Waals surface area (Å²) >= 11 is 6.11. The number of carboxylic acids is 1. The Hall–Kier alpha value is -1.48. The molecule has 0 unspecified atom stereocenters. The van der Waals surface area contributed by atoms with Crippen molar-refractivity contribution >= 4 is 23.3 Å². The van der Waals surface area contributed by atoms with Crippen LogP contribution in [0, 0.1) is 6.92 Å². The van der Waals surface area contributed by atoms with Crippen LogP contribution in [0.5, 0.6) is 0 Å². The van der Waals surface area contributed by atoms with Crippen LogP contribution in [0.15, 0.2) is 29.8 Å². The minimum Gasteiger partial charge on any atom is -0.478 e. The molecule has 3 nitrogen and oxygen atoms in total. The molecule has 2 rings (SSSR count). The molecule has 0 saturated carbocycles. The van der Waals surface area contributed by atoms with Gasteiger partial charge in [0, 0.05) is 29.9 Å². The van der Waals surface area contributed by atoms with E-state index in [-0.39, 0.29) is 0 Å². The van der Waals surface area contributed by atoms with Gasteiger partial charge in [0.05, 0.1) is 0 Å². The Labute approximate surface area is 112 Å². The zero-order valence-corrected chi connectivity index (χ0v) is 11.1. The second kappa shape index (κ2) is 5.44. The highest BCUT2D eigenvalue weighted by Gasteiger charge is 2.17. The molecule has 1 saturated heterocycles. The molecule has 1 heterocycles. The number of carbonyl (C=O) groups is 1. The van der Waals surface area contributed by atoms with E-state index in [1.807, 2.05) is 19.1 Å². The van der Waals surface area contributed by atoms with Gasteiger partial charge in [0.15, 0.2) is 0 Å². The molecule has 18 heavy (non-hydrogen) atoms. The van der Waals surface area contributed by atoms with Gasteiger partial charge >= 0.3 is 5.97 Å². The maximum Gasteiger partial charge on any atom is 0.328 e. The van der Waals surface area contributed by atoms with Crippen molar-refractivity contribution in [3.8, 4) is 0 Å². The van der Waals surface area contributed by atoms with E-state index in [0.717, 1.165) is 47.8 Å². The summed E-state index contributed by atoms with van der Waals surface area (Å²) in [5.74, 6) is -0.850. The van der Waals surface area contributed by atoms with E-state index in [9.17, 15) is 4.79 Å². The first-order valence-electron chi connectivity index (χ1n) is 6.00. The zero-order valence-electron chi connectivity index (χ0n) is 10.3. The number of rotatable bonds is 2. The van der Waals surface area contributed by atoms with E-state index in [2.05, 4.69) is 11.0 Å². The van der Waals surface area contributed by atoms with Crippen molar-refractivity contribution in [3.05, 3.63) is 40.4 Å². The lowest BCUT2D eigenvalue weighted by Gasteiger charge is -2.31. The zero-order chi connectivity index (χ0) is 13.1. The molecule has 96 valence electrons. The number of benzene rings is 1. The fourth-order valence-corrected chi connectivity index (χ4v) is 2.46. The van der Waals surface area contributed by atoms with Crippen LogP contribution in [0.2, 0.25) is 5.02 Å². The van der Waals surface area contributed by atoms with Crippen LogP contribution in [-0.2, 0) is 4.79 Å². The van der Waals surface area contributed by atoms with Gasteiger partial charge in [-0.2, -0.15) is 0 Å². The largest absolute Gasteiger partial charge is 0.478 e. The normalized spacial score (nSPS) is 15.7. The summed E-state index contributed by atoms with van der Waals surface area (Å²) in [7, 11) is 0. The van der Waals surface area contributed by atoms with Gasteiger partial charge in [0.2, 0.25) is 0 Å². The Balaban J connectivity index is 2.10. The van der Waals surface area contributed by atoms with E-state index in [1.54, 1.807) is 0 Å². The molecule has 0 amide bonds. The molecule has 1 N–H and O–H groups in total. The van der Waals surface area contributed by atoms with Crippen LogP contribution in [0.25, 0.3) is 0 Å². The highest BCUT2D eigenvalue weighted by atomic mass is 35.5. The predicted octanol–water partition coefficient (Wildman–Crippen LogP) is 3.26. The SMILES string of the molecule is Cc1c(Cl)cccc1N1CCC(=CC(=O)O)CC1. The molecule has 0 atom stereocenters. The van der Waals surface area contributed by atoms with Gasteiger partial charge in [-0.05, 0) is 37.5 Å². The Kier molecular flexibility index (Phi) is 3.92. The minimum atomic E-state index is -0.850. The van der Waals surface area contributed by atoms with Crippen LogP contribution >= 0.6 is 11.6 Å². The summed E-state index contributed by atoms with van der Waals surface area (Å²) in [4.78, 5) is 12.9. The van der Waals surface area contributed by atoms with Gasteiger partial charge in [-0.1, -0.05) is 23.2 Å². The quantitative estimate of drug-likeness (QED) is 0.835. The third kappa shape index (κ3) is 2.85. The van der Waals surface area contributed by atoms with E-state index in [1.165, 1.54) is 6.08 Å². The molecule has 1 fully saturated rings. The first kappa shape index (κ1) is 13.0. The number of hydrogen-bond acceptors (Lipinski definition) is 2. The average Bonchev–Trinajstić information content (AvgIpc) is 2.33. The van der Waals surface area contributed by atoms with Gasteiger partial charge in [-0.3, -0.25) is 0 Å². The highest BCUT2D eigenvalue weighted by Crippen LogP contribution is 2.29. The van der Waals surface area contributed by atoms with Crippen molar-refractivity contribution in [1.29, 1.82) is 0 Å². The molecule has 1 aromatic carbocycles. The highest BCUT2D eigenvalue weighted by molar-refractivity contribution is 6.31. The molecule has 1 aliphatic rings. The first-order chi connectivity index (χ1) is 8.58. The van der Waals surface area contributed by atoms with E-state index in [4.69, 9.17) is 16.7 Å². The lowest BCUT2D eigenvalue weighted by Crippen LogP contribution is -2.31. The smallest absolute Gasteiger partial charge is 0.328 e. The van der Waals surface area contributed by atoms with Crippen molar-refractivity contribution < 1.29 is 9.90 Å². The van der Waals surface area contributed by atoms with Crippen molar-refractivity contribution in [3.63, 3.8) is 0 Å². The van der Waals surface area contributed by atoms with Crippen LogP contribution in [0.3, 0.4) is 0 Å². The Morgan fingerprint density at radius 1 is 1.39 bits per heavy atom. The number of halogens is 1.